The molecule has 0 saturated heterocycles. The minimum absolute atomic E-state index is 0. The number of hydrogen-bond donors (Lipinski definition) is 2. The smallest absolute Gasteiger partial charge is 0.422 e. The van der Waals surface area contributed by atoms with Gasteiger partial charge in [0, 0.05) is 20.1 Å². The number of methoxy groups -OCH3 is 1. The van der Waals surface area contributed by atoms with Gasteiger partial charge in [-0.25, -0.2) is 0 Å². The van der Waals surface area contributed by atoms with Gasteiger partial charge in [0.1, 0.15) is 11.5 Å². The summed E-state index contributed by atoms with van der Waals surface area (Å²) in [6, 6.07) is 14.3. The summed E-state index contributed by atoms with van der Waals surface area (Å²) in [5, 5.41) is 6.38. The molecule has 0 aliphatic heterocycles. The Kier molecular flexibility index (Phi) is 10.6. The number of alkyl halides is 3. The lowest BCUT2D eigenvalue weighted by Gasteiger charge is -2.13. The van der Waals surface area contributed by atoms with Gasteiger partial charge in [-0.3, -0.25) is 4.99 Å². The molecule has 29 heavy (non-hydrogen) atoms. The molecule has 2 aromatic rings. The van der Waals surface area contributed by atoms with Gasteiger partial charge in [0.2, 0.25) is 0 Å². The van der Waals surface area contributed by atoms with Crippen molar-refractivity contribution >= 4 is 29.9 Å². The molecule has 5 nitrogen and oxygen atoms in total. The first-order valence-corrected chi connectivity index (χ1v) is 8.76. The van der Waals surface area contributed by atoms with Crippen molar-refractivity contribution in [2.24, 2.45) is 4.99 Å². The fraction of sp³-hybridized carbons (Fsp3) is 0.350. The number of hydrogen-bond acceptors (Lipinski definition) is 3. The summed E-state index contributed by atoms with van der Waals surface area (Å²) in [5.74, 6) is 1.66. The molecule has 0 bridgehead atoms. The van der Waals surface area contributed by atoms with Crippen LogP contribution in [0.2, 0.25) is 0 Å². The highest BCUT2D eigenvalue weighted by atomic mass is 127. The van der Waals surface area contributed by atoms with Crippen molar-refractivity contribution in [2.75, 3.05) is 27.3 Å². The molecule has 0 saturated carbocycles. The van der Waals surface area contributed by atoms with Crippen LogP contribution in [0.3, 0.4) is 0 Å². The highest BCUT2D eigenvalue weighted by molar-refractivity contribution is 14.0. The Balaban J connectivity index is 0.00000420. The number of halogens is 4. The molecule has 2 rings (SSSR count). The first-order valence-electron chi connectivity index (χ1n) is 8.76. The van der Waals surface area contributed by atoms with Crippen LogP contribution >= 0.6 is 24.0 Å². The molecule has 0 unspecified atom stereocenters. The number of rotatable bonds is 8. The van der Waals surface area contributed by atoms with Crippen molar-refractivity contribution in [2.45, 2.75) is 19.1 Å². The van der Waals surface area contributed by atoms with E-state index in [0.717, 1.165) is 23.3 Å². The lowest BCUT2D eigenvalue weighted by atomic mass is 10.1. The Morgan fingerprint density at radius 1 is 1.03 bits per heavy atom. The summed E-state index contributed by atoms with van der Waals surface area (Å²) >= 11 is 0. The molecule has 2 aromatic carbocycles. The second-order valence-corrected chi connectivity index (χ2v) is 5.96. The van der Waals surface area contributed by atoms with Crippen LogP contribution in [-0.4, -0.2) is 39.4 Å². The minimum atomic E-state index is -4.35. The van der Waals surface area contributed by atoms with Crippen LogP contribution in [0.5, 0.6) is 11.5 Å². The summed E-state index contributed by atoms with van der Waals surface area (Å²) in [6.07, 6.45) is -3.57. The van der Waals surface area contributed by atoms with Crippen LogP contribution < -0.4 is 20.1 Å². The third-order valence-electron chi connectivity index (χ3n) is 3.89. The quantitative estimate of drug-likeness (QED) is 0.310. The normalized spacial score (nSPS) is 11.4. The molecule has 0 amide bonds. The van der Waals surface area contributed by atoms with E-state index in [1.807, 2.05) is 24.3 Å². The highest BCUT2D eigenvalue weighted by Crippen LogP contribution is 2.19. The zero-order valence-corrected chi connectivity index (χ0v) is 18.6. The second kappa shape index (κ2) is 12.4. The summed E-state index contributed by atoms with van der Waals surface area (Å²) in [5.41, 5.74) is 1.99. The van der Waals surface area contributed by atoms with Crippen LogP contribution in [0.1, 0.15) is 11.1 Å². The molecular formula is C20H25F3IN3O2. The lowest BCUT2D eigenvalue weighted by Crippen LogP contribution is -2.37. The summed E-state index contributed by atoms with van der Waals surface area (Å²) in [7, 11) is 3.32. The van der Waals surface area contributed by atoms with E-state index in [0.29, 0.717) is 19.0 Å². The van der Waals surface area contributed by atoms with Crippen LogP contribution in [0.25, 0.3) is 0 Å². The van der Waals surface area contributed by atoms with E-state index < -0.39 is 12.8 Å². The van der Waals surface area contributed by atoms with E-state index in [1.165, 1.54) is 12.1 Å². The Morgan fingerprint density at radius 2 is 1.72 bits per heavy atom. The van der Waals surface area contributed by atoms with Gasteiger partial charge in [-0.1, -0.05) is 30.3 Å². The van der Waals surface area contributed by atoms with Gasteiger partial charge in [0.05, 0.1) is 7.11 Å². The SMILES string of the molecule is CN=C(NCCc1ccccc1OC)NCc1ccc(OCC(F)(F)F)cc1.I. The van der Waals surface area contributed by atoms with Crippen molar-refractivity contribution in [3.63, 3.8) is 0 Å². The van der Waals surface area contributed by atoms with Gasteiger partial charge in [0.15, 0.2) is 12.6 Å². The van der Waals surface area contributed by atoms with Gasteiger partial charge in [-0.15, -0.1) is 24.0 Å². The number of nitrogens with zero attached hydrogens (tertiary/aromatic N) is 1. The van der Waals surface area contributed by atoms with E-state index in [4.69, 9.17) is 9.47 Å². The predicted octanol–water partition coefficient (Wildman–Crippen LogP) is 4.16. The molecule has 0 spiro atoms. The van der Waals surface area contributed by atoms with Gasteiger partial charge >= 0.3 is 6.18 Å². The third kappa shape index (κ3) is 9.25. The lowest BCUT2D eigenvalue weighted by molar-refractivity contribution is -0.153. The Morgan fingerprint density at radius 3 is 2.34 bits per heavy atom. The summed E-state index contributed by atoms with van der Waals surface area (Å²) < 4.78 is 46.5. The number of guanidine groups is 1. The van der Waals surface area contributed by atoms with E-state index in [-0.39, 0.29) is 29.7 Å². The molecule has 0 radical (unpaired) electrons. The first kappa shape index (κ1) is 24.9. The van der Waals surface area contributed by atoms with Crippen molar-refractivity contribution < 1.29 is 22.6 Å². The predicted molar refractivity (Wildman–Crippen MR) is 118 cm³/mol. The fourth-order valence-corrected chi connectivity index (χ4v) is 2.50. The van der Waals surface area contributed by atoms with E-state index in [2.05, 4.69) is 15.6 Å². The van der Waals surface area contributed by atoms with Gasteiger partial charge in [-0.2, -0.15) is 13.2 Å². The van der Waals surface area contributed by atoms with Crippen molar-refractivity contribution in [3.05, 3.63) is 59.7 Å². The molecule has 0 atom stereocenters. The topological polar surface area (TPSA) is 54.9 Å². The standard InChI is InChI=1S/C20H24F3N3O2.HI/c1-24-19(25-12-11-16-5-3-4-6-18(16)27-2)26-13-15-7-9-17(10-8-15)28-14-20(21,22)23;/h3-10H,11-14H2,1-2H3,(H2,24,25,26);1H. The number of para-hydroxylation sites is 1. The van der Waals surface area contributed by atoms with Crippen LogP contribution in [0.4, 0.5) is 13.2 Å². The summed E-state index contributed by atoms with van der Waals surface area (Å²) in [6.45, 7) is -0.147. The van der Waals surface area contributed by atoms with Crippen molar-refractivity contribution in [1.82, 2.24) is 10.6 Å². The zero-order chi connectivity index (χ0) is 20.4. The molecule has 0 aromatic heterocycles. The number of nitrogens with one attached hydrogen (secondary N) is 2. The molecule has 9 heteroatoms. The molecule has 0 aliphatic carbocycles. The molecule has 2 N–H and O–H groups in total. The van der Waals surface area contributed by atoms with Crippen molar-refractivity contribution in [1.29, 1.82) is 0 Å². The molecule has 0 heterocycles. The average Bonchev–Trinajstić information content (AvgIpc) is 2.69. The molecular weight excluding hydrogens is 498 g/mol. The van der Waals surface area contributed by atoms with E-state index in [1.54, 1.807) is 26.3 Å². The van der Waals surface area contributed by atoms with Gasteiger partial charge in [-0.05, 0) is 35.7 Å². The Hall–Kier alpha value is -2.17. The van der Waals surface area contributed by atoms with Crippen LogP contribution in [-0.2, 0) is 13.0 Å². The highest BCUT2D eigenvalue weighted by Gasteiger charge is 2.28. The maximum Gasteiger partial charge on any atom is 0.422 e. The molecule has 160 valence electrons. The molecule has 0 aliphatic rings. The minimum Gasteiger partial charge on any atom is -0.496 e. The van der Waals surface area contributed by atoms with Crippen molar-refractivity contribution in [3.8, 4) is 11.5 Å². The van der Waals surface area contributed by atoms with Crippen LogP contribution in [0.15, 0.2) is 53.5 Å². The summed E-state index contributed by atoms with van der Waals surface area (Å²) in [4.78, 5) is 4.16. The largest absolute Gasteiger partial charge is 0.496 e. The molecule has 0 fully saturated rings. The Labute approximate surface area is 185 Å². The first-order chi connectivity index (χ1) is 13.4. The monoisotopic (exact) mass is 523 g/mol. The maximum absolute atomic E-state index is 12.2. The average molecular weight is 523 g/mol. The zero-order valence-electron chi connectivity index (χ0n) is 16.3. The Bertz CT molecular complexity index is 768. The number of aliphatic imine (C=N–C) groups is 1. The van der Waals surface area contributed by atoms with E-state index in [9.17, 15) is 13.2 Å². The fourth-order valence-electron chi connectivity index (χ4n) is 2.50. The number of ether oxygens (including phenoxy) is 2. The van der Waals surface area contributed by atoms with E-state index >= 15 is 0 Å². The second-order valence-electron chi connectivity index (χ2n) is 5.96. The van der Waals surface area contributed by atoms with Gasteiger partial charge < -0.3 is 20.1 Å². The number of benzene rings is 2. The van der Waals surface area contributed by atoms with Crippen LogP contribution in [0, 0.1) is 0 Å². The maximum atomic E-state index is 12.2. The van der Waals surface area contributed by atoms with Gasteiger partial charge in [0.25, 0.3) is 0 Å². The third-order valence-corrected chi connectivity index (χ3v) is 3.89.